The molecular formula is C27H35NO5. The van der Waals surface area contributed by atoms with Gasteiger partial charge < -0.3 is 14.6 Å². The van der Waals surface area contributed by atoms with E-state index in [1.165, 1.54) is 0 Å². The van der Waals surface area contributed by atoms with Crippen LogP contribution in [0.25, 0.3) is 0 Å². The number of ether oxygens (including phenoxy) is 2. The van der Waals surface area contributed by atoms with E-state index in [-0.39, 0.29) is 30.8 Å². The number of benzene rings is 2. The standard InChI is InChI=1S/C27H35NO5/c1-2-18-28(25(22-12-6-3-7-13-22)23-14-8-4-9-15-23)26(31)33-21-27(16-10-5-11-17-27)20-32-19-24(29)30/h3-4,6-9,12-15,25H,2,5,10-11,16-21H2,1H3,(H,29,30). The molecule has 6 nitrogen and oxygen atoms in total. The Balaban J connectivity index is 1.79. The van der Waals surface area contributed by atoms with Crippen LogP contribution in [0.4, 0.5) is 4.79 Å². The number of carboxylic acids is 1. The Labute approximate surface area is 196 Å². The first kappa shape index (κ1) is 24.8. The molecule has 3 rings (SSSR count). The Kier molecular flexibility index (Phi) is 9.31. The van der Waals surface area contributed by atoms with Crippen molar-refractivity contribution in [1.82, 2.24) is 4.90 Å². The maximum absolute atomic E-state index is 13.5. The molecule has 1 aliphatic rings. The SMILES string of the molecule is CCCN(C(=O)OCC1(COCC(=O)O)CCCCC1)C(c1ccccc1)c1ccccc1. The predicted molar refractivity (Wildman–Crippen MR) is 127 cm³/mol. The second kappa shape index (κ2) is 12.4. The van der Waals surface area contributed by atoms with Crippen molar-refractivity contribution in [3.63, 3.8) is 0 Å². The van der Waals surface area contributed by atoms with Gasteiger partial charge in [-0.05, 0) is 30.4 Å². The van der Waals surface area contributed by atoms with E-state index in [1.807, 2.05) is 60.7 Å². The van der Waals surface area contributed by atoms with Crippen molar-refractivity contribution in [2.75, 3.05) is 26.4 Å². The number of nitrogens with zero attached hydrogens (tertiary/aromatic N) is 1. The molecule has 0 saturated heterocycles. The lowest BCUT2D eigenvalue weighted by Crippen LogP contribution is -2.41. The van der Waals surface area contributed by atoms with E-state index >= 15 is 0 Å². The minimum atomic E-state index is -0.986. The molecule has 0 atom stereocenters. The molecule has 178 valence electrons. The van der Waals surface area contributed by atoms with E-state index in [2.05, 4.69) is 6.92 Å². The molecule has 0 heterocycles. The van der Waals surface area contributed by atoms with Crippen molar-refractivity contribution in [2.24, 2.45) is 5.41 Å². The number of carbonyl (C=O) groups excluding carboxylic acids is 1. The fourth-order valence-corrected chi connectivity index (χ4v) is 4.67. The van der Waals surface area contributed by atoms with E-state index in [0.29, 0.717) is 13.2 Å². The van der Waals surface area contributed by atoms with Crippen LogP contribution in [-0.2, 0) is 14.3 Å². The maximum Gasteiger partial charge on any atom is 0.410 e. The van der Waals surface area contributed by atoms with E-state index < -0.39 is 5.97 Å². The van der Waals surface area contributed by atoms with Crippen LogP contribution in [0.15, 0.2) is 60.7 Å². The molecule has 0 radical (unpaired) electrons. The number of carboxylic acid groups (broad SMARTS) is 1. The monoisotopic (exact) mass is 453 g/mol. The molecule has 0 spiro atoms. The highest BCUT2D eigenvalue weighted by molar-refractivity contribution is 5.69. The topological polar surface area (TPSA) is 76.1 Å². The van der Waals surface area contributed by atoms with Gasteiger partial charge in [0.05, 0.1) is 12.6 Å². The van der Waals surface area contributed by atoms with Gasteiger partial charge >= 0.3 is 12.1 Å². The minimum Gasteiger partial charge on any atom is -0.480 e. The van der Waals surface area contributed by atoms with Crippen molar-refractivity contribution >= 4 is 12.1 Å². The smallest absolute Gasteiger partial charge is 0.410 e. The molecule has 0 aromatic heterocycles. The van der Waals surface area contributed by atoms with Gasteiger partial charge in [-0.1, -0.05) is 86.8 Å². The molecule has 2 aromatic rings. The summed E-state index contributed by atoms with van der Waals surface area (Å²) in [5.41, 5.74) is 1.74. The number of carbonyl (C=O) groups is 2. The first-order valence-electron chi connectivity index (χ1n) is 11.9. The maximum atomic E-state index is 13.5. The van der Waals surface area contributed by atoms with Gasteiger partial charge in [-0.2, -0.15) is 0 Å². The molecule has 1 fully saturated rings. The van der Waals surface area contributed by atoms with Crippen LogP contribution in [0.1, 0.15) is 62.6 Å². The van der Waals surface area contributed by atoms with Crippen molar-refractivity contribution < 1.29 is 24.2 Å². The number of aliphatic carboxylic acids is 1. The van der Waals surface area contributed by atoms with Crippen LogP contribution in [0.5, 0.6) is 0 Å². The van der Waals surface area contributed by atoms with Gasteiger partial charge in [0.2, 0.25) is 0 Å². The fourth-order valence-electron chi connectivity index (χ4n) is 4.67. The molecule has 6 heteroatoms. The summed E-state index contributed by atoms with van der Waals surface area (Å²) in [4.78, 5) is 26.2. The van der Waals surface area contributed by atoms with E-state index in [1.54, 1.807) is 4.90 Å². The zero-order valence-electron chi connectivity index (χ0n) is 19.4. The number of rotatable bonds is 11. The summed E-state index contributed by atoms with van der Waals surface area (Å²) in [6.45, 7) is 2.82. The molecule has 1 amide bonds. The number of hydrogen-bond donors (Lipinski definition) is 1. The van der Waals surface area contributed by atoms with Crippen molar-refractivity contribution in [3.8, 4) is 0 Å². The van der Waals surface area contributed by atoms with E-state index in [4.69, 9.17) is 14.6 Å². The Bertz CT molecular complexity index is 825. The highest BCUT2D eigenvalue weighted by Crippen LogP contribution is 2.37. The van der Waals surface area contributed by atoms with Gasteiger partial charge in [-0.25, -0.2) is 9.59 Å². The zero-order chi connectivity index (χ0) is 23.5. The molecule has 1 saturated carbocycles. The molecule has 2 aromatic carbocycles. The van der Waals surface area contributed by atoms with Gasteiger partial charge in [0.25, 0.3) is 0 Å². The second-order valence-corrected chi connectivity index (χ2v) is 8.92. The summed E-state index contributed by atoms with van der Waals surface area (Å²) in [5.74, 6) is -0.986. The van der Waals surface area contributed by atoms with Gasteiger partial charge in [-0.3, -0.25) is 4.90 Å². The first-order chi connectivity index (χ1) is 16.0. The van der Waals surface area contributed by atoms with Crippen LogP contribution in [-0.4, -0.2) is 48.4 Å². The Morgan fingerprint density at radius 3 is 2.03 bits per heavy atom. The summed E-state index contributed by atoms with van der Waals surface area (Å²) < 4.78 is 11.4. The van der Waals surface area contributed by atoms with Gasteiger partial charge in [0.15, 0.2) is 0 Å². The van der Waals surface area contributed by atoms with E-state index in [9.17, 15) is 9.59 Å². The summed E-state index contributed by atoms with van der Waals surface area (Å²) in [7, 11) is 0. The zero-order valence-corrected chi connectivity index (χ0v) is 19.4. The summed E-state index contributed by atoms with van der Waals surface area (Å²) in [6.07, 6.45) is 5.40. The summed E-state index contributed by atoms with van der Waals surface area (Å²) in [5, 5.41) is 8.94. The molecule has 1 N–H and O–H groups in total. The highest BCUT2D eigenvalue weighted by atomic mass is 16.6. The lowest BCUT2D eigenvalue weighted by Gasteiger charge is -2.38. The average molecular weight is 454 g/mol. The molecule has 33 heavy (non-hydrogen) atoms. The second-order valence-electron chi connectivity index (χ2n) is 8.92. The van der Waals surface area contributed by atoms with Gasteiger partial charge in [0, 0.05) is 12.0 Å². The first-order valence-corrected chi connectivity index (χ1v) is 11.9. The van der Waals surface area contributed by atoms with Crippen molar-refractivity contribution in [1.29, 1.82) is 0 Å². The predicted octanol–water partition coefficient (Wildman–Crippen LogP) is 5.68. The molecular weight excluding hydrogens is 418 g/mol. The Morgan fingerprint density at radius 2 is 1.52 bits per heavy atom. The van der Waals surface area contributed by atoms with Crippen molar-refractivity contribution in [3.05, 3.63) is 71.8 Å². The molecule has 0 bridgehead atoms. The Hall–Kier alpha value is -2.86. The van der Waals surface area contributed by atoms with Crippen LogP contribution < -0.4 is 0 Å². The van der Waals surface area contributed by atoms with Crippen LogP contribution >= 0.6 is 0 Å². The summed E-state index contributed by atoms with van der Waals surface area (Å²) >= 11 is 0. The van der Waals surface area contributed by atoms with E-state index in [0.717, 1.165) is 49.7 Å². The lowest BCUT2D eigenvalue weighted by atomic mass is 9.75. The molecule has 0 unspecified atom stereocenters. The third-order valence-corrected chi connectivity index (χ3v) is 6.29. The van der Waals surface area contributed by atoms with Crippen LogP contribution in [0, 0.1) is 5.41 Å². The molecule has 1 aliphatic carbocycles. The normalized spacial score (nSPS) is 15.2. The lowest BCUT2D eigenvalue weighted by molar-refractivity contribution is -0.144. The number of hydrogen-bond acceptors (Lipinski definition) is 4. The van der Waals surface area contributed by atoms with Gasteiger partial charge in [0.1, 0.15) is 13.2 Å². The third-order valence-electron chi connectivity index (χ3n) is 6.29. The minimum absolute atomic E-state index is 0.238. The Morgan fingerprint density at radius 1 is 0.939 bits per heavy atom. The largest absolute Gasteiger partial charge is 0.480 e. The van der Waals surface area contributed by atoms with Crippen LogP contribution in [0.2, 0.25) is 0 Å². The third kappa shape index (κ3) is 7.06. The highest BCUT2D eigenvalue weighted by Gasteiger charge is 2.36. The quantitative estimate of drug-likeness (QED) is 0.474. The number of amides is 1. The summed E-state index contributed by atoms with van der Waals surface area (Å²) in [6, 6.07) is 19.8. The van der Waals surface area contributed by atoms with Crippen molar-refractivity contribution in [2.45, 2.75) is 51.5 Å². The molecule has 0 aliphatic heterocycles. The fraction of sp³-hybridized carbons (Fsp3) is 0.481. The van der Waals surface area contributed by atoms with Crippen LogP contribution in [0.3, 0.4) is 0 Å². The van der Waals surface area contributed by atoms with Gasteiger partial charge in [-0.15, -0.1) is 0 Å². The average Bonchev–Trinajstić information content (AvgIpc) is 2.84.